The van der Waals surface area contributed by atoms with Crippen molar-refractivity contribution in [2.45, 2.75) is 13.5 Å². The molecule has 2 aromatic carbocycles. The van der Waals surface area contributed by atoms with E-state index in [2.05, 4.69) is 14.5 Å². The number of aromatic nitrogens is 3. The number of aryl methyl sites for hydroxylation is 1. The number of ketones is 1. The smallest absolute Gasteiger partial charge is 0.198 e. The largest absolute Gasteiger partial charge is 0.507 e. The SMILES string of the molecule is CCn1c(-c2cc(C(=O)c3cc(F)ccc3O)c[nH]2)nc2ccccc21. The van der Waals surface area contributed by atoms with Gasteiger partial charge in [-0.1, -0.05) is 12.1 Å². The summed E-state index contributed by atoms with van der Waals surface area (Å²) >= 11 is 0. The van der Waals surface area contributed by atoms with Crippen molar-refractivity contribution < 1.29 is 14.3 Å². The first kappa shape index (κ1) is 16.1. The first-order valence-electron chi connectivity index (χ1n) is 8.25. The standard InChI is InChI=1S/C20H16FN3O2/c1-2-24-17-6-4-3-5-15(17)23-20(24)16-9-12(11-22-16)19(26)14-10-13(21)7-8-18(14)25/h3-11,22,25H,2H2,1H3. The van der Waals surface area contributed by atoms with Crippen LogP contribution in [0.2, 0.25) is 0 Å². The highest BCUT2D eigenvalue weighted by Crippen LogP contribution is 2.27. The number of H-pyrrole nitrogens is 1. The summed E-state index contributed by atoms with van der Waals surface area (Å²) in [4.78, 5) is 20.3. The normalized spacial score (nSPS) is 11.2. The van der Waals surface area contributed by atoms with Crippen molar-refractivity contribution >= 4 is 16.8 Å². The molecule has 2 aromatic heterocycles. The minimum absolute atomic E-state index is 0.0699. The fraction of sp³-hybridized carbons (Fsp3) is 0.100. The fourth-order valence-corrected chi connectivity index (χ4v) is 3.10. The maximum absolute atomic E-state index is 13.4. The van der Waals surface area contributed by atoms with E-state index in [9.17, 15) is 14.3 Å². The number of carbonyl (C=O) groups is 1. The molecule has 0 radical (unpaired) electrons. The van der Waals surface area contributed by atoms with Gasteiger partial charge < -0.3 is 14.7 Å². The zero-order valence-corrected chi connectivity index (χ0v) is 14.0. The quantitative estimate of drug-likeness (QED) is 0.544. The van der Waals surface area contributed by atoms with Crippen molar-refractivity contribution in [3.8, 4) is 17.3 Å². The number of aromatic amines is 1. The second kappa shape index (κ2) is 6.15. The first-order valence-corrected chi connectivity index (χ1v) is 8.25. The molecule has 0 aliphatic rings. The summed E-state index contributed by atoms with van der Waals surface area (Å²) < 4.78 is 15.5. The molecule has 2 heterocycles. The maximum atomic E-state index is 13.4. The van der Waals surface area contributed by atoms with E-state index in [0.717, 1.165) is 35.5 Å². The Labute approximate surface area is 148 Å². The Hall–Kier alpha value is -3.41. The van der Waals surface area contributed by atoms with Crippen LogP contribution in [0, 0.1) is 5.82 Å². The van der Waals surface area contributed by atoms with Gasteiger partial charge in [0.25, 0.3) is 0 Å². The molecule has 2 N–H and O–H groups in total. The molecule has 0 unspecified atom stereocenters. The number of nitrogens with one attached hydrogen (secondary N) is 1. The zero-order chi connectivity index (χ0) is 18.3. The minimum atomic E-state index is -0.574. The second-order valence-electron chi connectivity index (χ2n) is 5.96. The van der Waals surface area contributed by atoms with E-state index in [0.29, 0.717) is 11.3 Å². The van der Waals surface area contributed by atoms with E-state index in [1.807, 2.05) is 31.2 Å². The molecule has 0 atom stereocenters. The van der Waals surface area contributed by atoms with E-state index in [1.54, 1.807) is 12.3 Å². The van der Waals surface area contributed by atoms with Gasteiger partial charge in [0.2, 0.25) is 0 Å². The molecule has 0 bridgehead atoms. The van der Waals surface area contributed by atoms with Crippen LogP contribution < -0.4 is 0 Å². The minimum Gasteiger partial charge on any atom is -0.507 e. The lowest BCUT2D eigenvalue weighted by molar-refractivity contribution is 0.103. The number of fused-ring (bicyclic) bond motifs is 1. The van der Waals surface area contributed by atoms with Crippen molar-refractivity contribution in [2.24, 2.45) is 0 Å². The predicted molar refractivity (Wildman–Crippen MR) is 96.7 cm³/mol. The van der Waals surface area contributed by atoms with Gasteiger partial charge in [0.05, 0.1) is 22.3 Å². The number of benzene rings is 2. The topological polar surface area (TPSA) is 70.9 Å². The Balaban J connectivity index is 1.77. The number of aromatic hydroxyl groups is 1. The molecule has 130 valence electrons. The predicted octanol–water partition coefficient (Wildman–Crippen LogP) is 4.13. The van der Waals surface area contributed by atoms with Crippen LogP contribution in [-0.2, 0) is 6.54 Å². The number of imidazole rings is 1. The van der Waals surface area contributed by atoms with Gasteiger partial charge in [-0.2, -0.15) is 0 Å². The van der Waals surface area contributed by atoms with Gasteiger partial charge in [0, 0.05) is 18.3 Å². The Morgan fingerprint density at radius 1 is 1.23 bits per heavy atom. The van der Waals surface area contributed by atoms with Gasteiger partial charge in [-0.05, 0) is 43.3 Å². The lowest BCUT2D eigenvalue weighted by Crippen LogP contribution is -2.01. The van der Waals surface area contributed by atoms with Crippen LogP contribution in [0.1, 0.15) is 22.8 Å². The first-order chi connectivity index (χ1) is 12.6. The number of phenolic OH excluding ortho intramolecular Hbond substituents is 1. The van der Waals surface area contributed by atoms with E-state index >= 15 is 0 Å². The van der Waals surface area contributed by atoms with E-state index in [-0.39, 0.29) is 11.3 Å². The lowest BCUT2D eigenvalue weighted by atomic mass is 10.0. The summed E-state index contributed by atoms with van der Waals surface area (Å²) in [5.41, 5.74) is 2.82. The third-order valence-corrected chi connectivity index (χ3v) is 4.36. The van der Waals surface area contributed by atoms with Crippen molar-refractivity contribution in [3.05, 3.63) is 71.7 Å². The van der Waals surface area contributed by atoms with E-state index in [4.69, 9.17) is 0 Å². The third kappa shape index (κ3) is 2.56. The number of halogens is 1. The summed E-state index contributed by atoms with van der Waals surface area (Å²) in [6.45, 7) is 2.75. The lowest BCUT2D eigenvalue weighted by Gasteiger charge is -2.04. The summed E-state index contributed by atoms with van der Waals surface area (Å²) in [5, 5.41) is 9.85. The molecule has 0 saturated carbocycles. The van der Waals surface area contributed by atoms with Gasteiger partial charge >= 0.3 is 0 Å². The van der Waals surface area contributed by atoms with Gasteiger partial charge in [-0.25, -0.2) is 9.37 Å². The van der Waals surface area contributed by atoms with Crippen LogP contribution >= 0.6 is 0 Å². The summed E-state index contributed by atoms with van der Waals surface area (Å²) in [7, 11) is 0. The molecule has 0 aliphatic carbocycles. The Bertz CT molecular complexity index is 1130. The Morgan fingerprint density at radius 2 is 2.04 bits per heavy atom. The highest BCUT2D eigenvalue weighted by Gasteiger charge is 2.18. The number of rotatable bonds is 4. The average molecular weight is 349 g/mol. The van der Waals surface area contributed by atoms with Crippen LogP contribution in [-0.4, -0.2) is 25.4 Å². The molecule has 0 fully saturated rings. The van der Waals surface area contributed by atoms with E-state index in [1.165, 1.54) is 6.07 Å². The monoisotopic (exact) mass is 349 g/mol. The maximum Gasteiger partial charge on any atom is 0.198 e. The van der Waals surface area contributed by atoms with Crippen LogP contribution in [0.5, 0.6) is 5.75 Å². The van der Waals surface area contributed by atoms with Crippen LogP contribution in [0.25, 0.3) is 22.6 Å². The van der Waals surface area contributed by atoms with Gasteiger partial charge in [0.15, 0.2) is 11.6 Å². The second-order valence-corrected chi connectivity index (χ2v) is 5.96. The van der Waals surface area contributed by atoms with Gasteiger partial charge in [0.1, 0.15) is 11.6 Å². The molecule has 0 amide bonds. The average Bonchev–Trinajstić information content (AvgIpc) is 3.27. The van der Waals surface area contributed by atoms with Crippen molar-refractivity contribution in [3.63, 3.8) is 0 Å². The molecule has 26 heavy (non-hydrogen) atoms. The highest BCUT2D eigenvalue weighted by molar-refractivity contribution is 6.11. The van der Waals surface area contributed by atoms with Crippen LogP contribution in [0.3, 0.4) is 0 Å². The number of carbonyl (C=O) groups excluding carboxylic acids is 1. The molecular formula is C20H16FN3O2. The molecule has 0 saturated heterocycles. The summed E-state index contributed by atoms with van der Waals surface area (Å²) in [6, 6.07) is 12.8. The molecule has 4 rings (SSSR count). The number of para-hydroxylation sites is 2. The van der Waals surface area contributed by atoms with Crippen molar-refractivity contribution in [2.75, 3.05) is 0 Å². The summed E-state index contributed by atoms with van der Waals surface area (Å²) in [5.74, 6) is -0.561. The molecule has 6 heteroatoms. The van der Waals surface area contributed by atoms with Crippen molar-refractivity contribution in [1.82, 2.24) is 14.5 Å². The highest BCUT2D eigenvalue weighted by atomic mass is 19.1. The Kier molecular flexibility index (Phi) is 3.80. The molecular weight excluding hydrogens is 333 g/mol. The number of phenols is 1. The molecule has 5 nitrogen and oxygen atoms in total. The number of nitrogens with zero attached hydrogens (tertiary/aromatic N) is 2. The molecule has 0 aliphatic heterocycles. The zero-order valence-electron chi connectivity index (χ0n) is 14.0. The molecule has 4 aromatic rings. The van der Waals surface area contributed by atoms with Gasteiger partial charge in [-0.3, -0.25) is 4.79 Å². The van der Waals surface area contributed by atoms with E-state index < -0.39 is 11.6 Å². The third-order valence-electron chi connectivity index (χ3n) is 4.36. The van der Waals surface area contributed by atoms with Gasteiger partial charge in [-0.15, -0.1) is 0 Å². The Morgan fingerprint density at radius 3 is 2.85 bits per heavy atom. The van der Waals surface area contributed by atoms with Crippen LogP contribution in [0.15, 0.2) is 54.7 Å². The van der Waals surface area contributed by atoms with Crippen LogP contribution in [0.4, 0.5) is 4.39 Å². The summed E-state index contributed by atoms with van der Waals surface area (Å²) in [6.07, 6.45) is 1.54. The van der Waals surface area contributed by atoms with Crippen molar-refractivity contribution in [1.29, 1.82) is 0 Å². The number of hydrogen-bond donors (Lipinski definition) is 2. The number of hydrogen-bond acceptors (Lipinski definition) is 3. The molecule has 0 spiro atoms. The fourth-order valence-electron chi connectivity index (χ4n) is 3.10.